The maximum atomic E-state index is 5.82. The number of nitrogens with zero attached hydrogens (tertiary/aromatic N) is 1. The predicted molar refractivity (Wildman–Crippen MR) is 65.7 cm³/mol. The molecule has 0 radical (unpaired) electrons. The third kappa shape index (κ3) is 4.43. The number of hydrogen-bond acceptors (Lipinski definition) is 3. The lowest BCUT2D eigenvalue weighted by atomic mass is 10.1. The Morgan fingerprint density at radius 3 is 2.53 bits per heavy atom. The van der Waals surface area contributed by atoms with E-state index in [2.05, 4.69) is 4.90 Å². The van der Waals surface area contributed by atoms with E-state index >= 15 is 0 Å². The fraction of sp³-hybridized carbons (Fsp3) is 0.600. The van der Waals surface area contributed by atoms with Crippen molar-refractivity contribution in [3.05, 3.63) is 24.2 Å². The van der Waals surface area contributed by atoms with Gasteiger partial charge < -0.3 is 10.2 Å². The first-order valence-electron chi connectivity index (χ1n) is 4.85. The fourth-order valence-corrected chi connectivity index (χ4v) is 1.73. The van der Waals surface area contributed by atoms with Crippen LogP contribution in [0, 0.1) is 0 Å². The number of likely N-dealkylation sites (tertiary alicyclic amines) is 1. The van der Waals surface area contributed by atoms with Crippen LogP contribution in [0.4, 0.5) is 0 Å². The molecule has 5 heteroatoms. The highest BCUT2D eigenvalue weighted by molar-refractivity contribution is 5.85. The van der Waals surface area contributed by atoms with Crippen LogP contribution in [-0.4, -0.2) is 24.0 Å². The van der Waals surface area contributed by atoms with E-state index in [0.29, 0.717) is 6.04 Å². The molecule has 0 spiro atoms. The Bertz CT molecular complexity index is 246. The molecule has 0 unspecified atom stereocenters. The Morgan fingerprint density at radius 1 is 1.33 bits per heavy atom. The summed E-state index contributed by atoms with van der Waals surface area (Å²) in [6, 6.07) is 4.37. The Balaban J connectivity index is 0.000000980. The lowest BCUT2D eigenvalue weighted by Gasteiger charge is -2.29. The molecule has 2 heterocycles. The highest BCUT2D eigenvalue weighted by Crippen LogP contribution is 2.12. The van der Waals surface area contributed by atoms with E-state index < -0.39 is 0 Å². The van der Waals surface area contributed by atoms with Crippen LogP contribution in [0.25, 0.3) is 0 Å². The quantitative estimate of drug-likeness (QED) is 0.877. The molecule has 1 aromatic heterocycles. The van der Waals surface area contributed by atoms with E-state index in [4.69, 9.17) is 10.2 Å². The van der Waals surface area contributed by atoms with Gasteiger partial charge in [0.15, 0.2) is 0 Å². The lowest BCUT2D eigenvalue weighted by molar-refractivity contribution is 0.192. The van der Waals surface area contributed by atoms with Crippen molar-refractivity contribution in [2.75, 3.05) is 13.1 Å². The molecular weight excluding hydrogens is 235 g/mol. The Hall–Kier alpha value is -0.220. The first-order valence-corrected chi connectivity index (χ1v) is 4.85. The molecule has 1 aliphatic rings. The molecule has 0 atom stereocenters. The zero-order valence-corrected chi connectivity index (χ0v) is 10.2. The van der Waals surface area contributed by atoms with E-state index in [1.54, 1.807) is 6.26 Å². The maximum absolute atomic E-state index is 5.82. The lowest BCUT2D eigenvalue weighted by Crippen LogP contribution is -2.39. The van der Waals surface area contributed by atoms with Crippen LogP contribution in [0.5, 0.6) is 0 Å². The Morgan fingerprint density at radius 2 is 2.00 bits per heavy atom. The van der Waals surface area contributed by atoms with Gasteiger partial charge in [0.05, 0.1) is 12.8 Å². The van der Waals surface area contributed by atoms with Gasteiger partial charge in [-0.05, 0) is 25.0 Å². The van der Waals surface area contributed by atoms with Crippen LogP contribution in [0.2, 0.25) is 0 Å². The van der Waals surface area contributed by atoms with E-state index in [1.165, 1.54) is 0 Å². The molecule has 3 nitrogen and oxygen atoms in total. The summed E-state index contributed by atoms with van der Waals surface area (Å²) in [5.41, 5.74) is 5.82. The molecule has 1 fully saturated rings. The van der Waals surface area contributed by atoms with Gasteiger partial charge >= 0.3 is 0 Å². The largest absolute Gasteiger partial charge is 0.468 e. The summed E-state index contributed by atoms with van der Waals surface area (Å²) in [5, 5.41) is 0. The van der Waals surface area contributed by atoms with Gasteiger partial charge in [0.2, 0.25) is 0 Å². The van der Waals surface area contributed by atoms with Gasteiger partial charge in [-0.1, -0.05) is 0 Å². The van der Waals surface area contributed by atoms with E-state index in [9.17, 15) is 0 Å². The second kappa shape index (κ2) is 7.12. The minimum absolute atomic E-state index is 0. The second-order valence-electron chi connectivity index (χ2n) is 3.69. The van der Waals surface area contributed by atoms with Crippen molar-refractivity contribution in [1.82, 2.24) is 4.90 Å². The van der Waals surface area contributed by atoms with Gasteiger partial charge in [0.25, 0.3) is 0 Å². The predicted octanol–water partition coefficient (Wildman–Crippen LogP) is 2.05. The normalized spacial score (nSPS) is 17.9. The molecule has 0 aromatic carbocycles. The first kappa shape index (κ1) is 14.8. The van der Waals surface area contributed by atoms with Crippen molar-refractivity contribution < 1.29 is 4.42 Å². The summed E-state index contributed by atoms with van der Waals surface area (Å²) in [6.07, 6.45) is 3.95. The van der Waals surface area contributed by atoms with Crippen molar-refractivity contribution in [2.45, 2.75) is 25.4 Å². The van der Waals surface area contributed by atoms with Crippen LogP contribution >= 0.6 is 24.8 Å². The maximum Gasteiger partial charge on any atom is 0.117 e. The molecule has 2 N–H and O–H groups in total. The van der Waals surface area contributed by atoms with Gasteiger partial charge in [0.1, 0.15) is 5.76 Å². The number of halogens is 2. The molecule has 0 saturated carbocycles. The van der Waals surface area contributed by atoms with Gasteiger partial charge in [-0.15, -0.1) is 24.8 Å². The third-order valence-corrected chi connectivity index (χ3v) is 2.59. The van der Waals surface area contributed by atoms with E-state index in [-0.39, 0.29) is 24.8 Å². The molecule has 0 amide bonds. The summed E-state index contributed by atoms with van der Waals surface area (Å²) < 4.78 is 5.29. The summed E-state index contributed by atoms with van der Waals surface area (Å²) >= 11 is 0. The van der Waals surface area contributed by atoms with Gasteiger partial charge in [-0.2, -0.15) is 0 Å². The number of rotatable bonds is 2. The van der Waals surface area contributed by atoms with Crippen LogP contribution in [-0.2, 0) is 6.54 Å². The monoisotopic (exact) mass is 252 g/mol. The smallest absolute Gasteiger partial charge is 0.117 e. The van der Waals surface area contributed by atoms with Crippen LogP contribution in [0.15, 0.2) is 22.8 Å². The van der Waals surface area contributed by atoms with Crippen molar-refractivity contribution in [3.63, 3.8) is 0 Å². The molecule has 1 saturated heterocycles. The Kier molecular flexibility index (Phi) is 7.02. The molecule has 0 bridgehead atoms. The third-order valence-electron chi connectivity index (χ3n) is 2.59. The molecule has 1 aromatic rings. The van der Waals surface area contributed by atoms with E-state index in [1.807, 2.05) is 12.1 Å². The molecular formula is C10H18Cl2N2O. The van der Waals surface area contributed by atoms with Crippen LogP contribution in [0.3, 0.4) is 0 Å². The van der Waals surface area contributed by atoms with Gasteiger partial charge in [0, 0.05) is 19.1 Å². The van der Waals surface area contributed by atoms with Gasteiger partial charge in [-0.25, -0.2) is 0 Å². The number of nitrogens with two attached hydrogens (primary N) is 1. The minimum Gasteiger partial charge on any atom is -0.468 e. The van der Waals surface area contributed by atoms with Crippen LogP contribution in [0.1, 0.15) is 18.6 Å². The first-order chi connectivity index (χ1) is 6.34. The molecule has 88 valence electrons. The minimum atomic E-state index is 0. The molecule has 15 heavy (non-hydrogen) atoms. The summed E-state index contributed by atoms with van der Waals surface area (Å²) in [5.74, 6) is 1.05. The van der Waals surface area contributed by atoms with Crippen molar-refractivity contribution >= 4 is 24.8 Å². The topological polar surface area (TPSA) is 42.4 Å². The number of hydrogen-bond donors (Lipinski definition) is 1. The van der Waals surface area contributed by atoms with E-state index in [0.717, 1.165) is 38.2 Å². The van der Waals surface area contributed by atoms with Crippen molar-refractivity contribution in [2.24, 2.45) is 5.73 Å². The second-order valence-corrected chi connectivity index (χ2v) is 3.69. The average molecular weight is 253 g/mol. The zero-order valence-electron chi connectivity index (χ0n) is 8.59. The highest BCUT2D eigenvalue weighted by Gasteiger charge is 2.16. The summed E-state index contributed by atoms with van der Waals surface area (Å²) in [4.78, 5) is 2.39. The van der Waals surface area contributed by atoms with Crippen LogP contribution < -0.4 is 5.73 Å². The highest BCUT2D eigenvalue weighted by atomic mass is 35.5. The van der Waals surface area contributed by atoms with Gasteiger partial charge in [-0.3, -0.25) is 4.90 Å². The summed E-state index contributed by atoms with van der Waals surface area (Å²) in [6.45, 7) is 3.13. The van der Waals surface area contributed by atoms with Crippen molar-refractivity contribution in [3.8, 4) is 0 Å². The van der Waals surface area contributed by atoms with Crippen molar-refractivity contribution in [1.29, 1.82) is 0 Å². The Labute approximate surface area is 103 Å². The standard InChI is InChI=1S/C10H16N2O.2ClH/c11-9-3-5-12(6-4-9)8-10-2-1-7-13-10;;/h1-2,7,9H,3-6,8,11H2;2*1H. The fourth-order valence-electron chi connectivity index (χ4n) is 1.73. The molecule has 1 aliphatic heterocycles. The summed E-state index contributed by atoms with van der Waals surface area (Å²) in [7, 11) is 0. The zero-order chi connectivity index (χ0) is 9.10. The average Bonchev–Trinajstić information content (AvgIpc) is 2.62. The SMILES string of the molecule is Cl.Cl.NC1CCN(Cc2ccco2)CC1. The number of piperidine rings is 1. The number of furan rings is 1. The molecule has 0 aliphatic carbocycles. The molecule has 2 rings (SSSR count).